The highest BCUT2D eigenvalue weighted by Crippen LogP contribution is 2.20. The summed E-state index contributed by atoms with van der Waals surface area (Å²) in [5, 5.41) is 9.58. The van der Waals surface area contributed by atoms with E-state index in [9.17, 15) is 14.4 Å². The molecular formula is C26H25ClN4O5. The molecule has 3 aromatic carbocycles. The summed E-state index contributed by atoms with van der Waals surface area (Å²) in [6.07, 6.45) is 1.36. The van der Waals surface area contributed by atoms with Crippen molar-refractivity contribution in [1.29, 1.82) is 0 Å². The maximum atomic E-state index is 12.2. The summed E-state index contributed by atoms with van der Waals surface area (Å²) in [6.45, 7) is 1.85. The zero-order chi connectivity index (χ0) is 25.9. The number of aryl methyl sites for hydroxylation is 1. The quantitative estimate of drug-likeness (QED) is 0.232. The summed E-state index contributed by atoms with van der Waals surface area (Å²) in [5.41, 5.74) is 5.07. The van der Waals surface area contributed by atoms with E-state index in [1.165, 1.54) is 6.21 Å². The topological polar surface area (TPSA) is 118 Å². The molecule has 3 amide bonds. The lowest BCUT2D eigenvalue weighted by molar-refractivity contribution is -0.139. The van der Waals surface area contributed by atoms with Crippen LogP contribution in [0.4, 0.5) is 5.69 Å². The van der Waals surface area contributed by atoms with Crippen LogP contribution < -0.4 is 25.5 Å². The molecule has 3 rings (SSSR count). The third kappa shape index (κ3) is 8.14. The number of nitrogens with one attached hydrogen (secondary N) is 3. The Balaban J connectivity index is 1.44. The van der Waals surface area contributed by atoms with Crippen LogP contribution >= 0.6 is 11.6 Å². The first kappa shape index (κ1) is 26.2. The minimum Gasteiger partial charge on any atom is -0.497 e. The van der Waals surface area contributed by atoms with Crippen molar-refractivity contribution in [3.05, 3.63) is 88.4 Å². The van der Waals surface area contributed by atoms with Gasteiger partial charge in [-0.2, -0.15) is 5.10 Å². The first-order valence-corrected chi connectivity index (χ1v) is 11.2. The van der Waals surface area contributed by atoms with Crippen molar-refractivity contribution in [2.24, 2.45) is 5.10 Å². The number of hydrazone groups is 1. The van der Waals surface area contributed by atoms with Crippen LogP contribution in [-0.4, -0.2) is 37.7 Å². The zero-order valence-electron chi connectivity index (χ0n) is 19.7. The van der Waals surface area contributed by atoms with Crippen LogP contribution in [0.3, 0.4) is 0 Å². The summed E-state index contributed by atoms with van der Waals surface area (Å²) in [5.74, 6) is -0.940. The smallest absolute Gasteiger partial charge is 0.329 e. The minimum absolute atomic E-state index is 0.184. The number of amides is 3. The molecule has 0 saturated heterocycles. The van der Waals surface area contributed by atoms with Crippen molar-refractivity contribution in [3.8, 4) is 11.5 Å². The summed E-state index contributed by atoms with van der Waals surface area (Å²) < 4.78 is 10.6. The van der Waals surface area contributed by atoms with E-state index < -0.39 is 11.8 Å². The SMILES string of the molecule is COc1ccc(CNC(=O)C(=O)N/N=C\c2cccc(OCC(=O)Nc3ccc(C)c(Cl)c3)c2)cc1. The van der Waals surface area contributed by atoms with E-state index in [-0.39, 0.29) is 19.1 Å². The molecule has 0 atom stereocenters. The number of methoxy groups -OCH3 is 1. The number of halogens is 1. The van der Waals surface area contributed by atoms with Crippen LogP contribution in [0.5, 0.6) is 11.5 Å². The fourth-order valence-electron chi connectivity index (χ4n) is 2.92. The maximum absolute atomic E-state index is 12.2. The van der Waals surface area contributed by atoms with Gasteiger partial charge in [0.15, 0.2) is 6.61 Å². The van der Waals surface area contributed by atoms with Crippen LogP contribution in [0.1, 0.15) is 16.7 Å². The Kier molecular flexibility index (Phi) is 9.41. The number of hydrogen-bond donors (Lipinski definition) is 3. The predicted molar refractivity (Wildman–Crippen MR) is 137 cm³/mol. The standard InChI is InChI=1S/C26H25ClN4O5/c1-17-6-9-20(13-23(17)27)30-24(32)16-36-22-5-3-4-19(12-22)15-29-31-26(34)25(33)28-14-18-7-10-21(35-2)11-8-18/h3-13,15H,14,16H2,1-2H3,(H,28,33)(H,30,32)(H,31,34)/b29-15-. The van der Waals surface area contributed by atoms with E-state index in [0.717, 1.165) is 11.1 Å². The average molecular weight is 509 g/mol. The van der Waals surface area contributed by atoms with Crippen LogP contribution in [0.2, 0.25) is 5.02 Å². The lowest BCUT2D eigenvalue weighted by Gasteiger charge is -2.09. The Morgan fingerprint density at radius 1 is 0.972 bits per heavy atom. The fourth-order valence-corrected chi connectivity index (χ4v) is 3.10. The van der Waals surface area contributed by atoms with Gasteiger partial charge in [-0.1, -0.05) is 41.9 Å². The normalized spacial score (nSPS) is 10.5. The van der Waals surface area contributed by atoms with Gasteiger partial charge in [-0.05, 0) is 60.0 Å². The summed E-state index contributed by atoms with van der Waals surface area (Å²) in [4.78, 5) is 36.1. The van der Waals surface area contributed by atoms with Gasteiger partial charge in [0, 0.05) is 17.3 Å². The predicted octanol–water partition coefficient (Wildman–Crippen LogP) is 3.44. The van der Waals surface area contributed by atoms with E-state index in [2.05, 4.69) is 21.2 Å². The van der Waals surface area contributed by atoms with Crippen molar-refractivity contribution in [2.75, 3.05) is 19.0 Å². The van der Waals surface area contributed by atoms with Gasteiger partial charge in [-0.3, -0.25) is 14.4 Å². The molecule has 0 aliphatic rings. The second kappa shape index (κ2) is 12.9. The largest absolute Gasteiger partial charge is 0.497 e. The van der Waals surface area contributed by atoms with Gasteiger partial charge in [0.2, 0.25) is 0 Å². The Bertz CT molecular complexity index is 1260. The molecule has 186 valence electrons. The van der Waals surface area contributed by atoms with E-state index in [0.29, 0.717) is 27.8 Å². The number of ether oxygens (including phenoxy) is 2. The lowest BCUT2D eigenvalue weighted by Crippen LogP contribution is -2.37. The highest BCUT2D eigenvalue weighted by atomic mass is 35.5. The Morgan fingerprint density at radius 2 is 1.75 bits per heavy atom. The molecule has 0 aliphatic heterocycles. The number of carbonyl (C=O) groups is 3. The van der Waals surface area contributed by atoms with E-state index in [4.69, 9.17) is 21.1 Å². The molecule has 9 nitrogen and oxygen atoms in total. The van der Waals surface area contributed by atoms with Crippen molar-refractivity contribution in [2.45, 2.75) is 13.5 Å². The highest BCUT2D eigenvalue weighted by molar-refractivity contribution is 6.35. The first-order valence-electron chi connectivity index (χ1n) is 10.9. The number of hydrogen-bond acceptors (Lipinski definition) is 6. The molecule has 3 N–H and O–H groups in total. The molecule has 36 heavy (non-hydrogen) atoms. The molecule has 0 heterocycles. The average Bonchev–Trinajstić information content (AvgIpc) is 2.88. The monoisotopic (exact) mass is 508 g/mol. The lowest BCUT2D eigenvalue weighted by atomic mass is 10.2. The van der Waals surface area contributed by atoms with Crippen LogP contribution in [0, 0.1) is 6.92 Å². The molecule has 0 fully saturated rings. The van der Waals surface area contributed by atoms with Gasteiger partial charge in [0.1, 0.15) is 11.5 Å². The van der Waals surface area contributed by atoms with E-state index in [1.807, 2.05) is 13.0 Å². The van der Waals surface area contributed by atoms with Gasteiger partial charge in [0.05, 0.1) is 13.3 Å². The van der Waals surface area contributed by atoms with Crippen LogP contribution in [0.15, 0.2) is 71.8 Å². The molecule has 0 aromatic heterocycles. The molecule has 3 aromatic rings. The van der Waals surface area contributed by atoms with Gasteiger partial charge in [0.25, 0.3) is 5.91 Å². The summed E-state index contributed by atoms with van der Waals surface area (Å²) in [7, 11) is 1.56. The first-order chi connectivity index (χ1) is 17.3. The minimum atomic E-state index is -0.903. The number of anilines is 1. The fraction of sp³-hybridized carbons (Fsp3) is 0.154. The molecule has 0 saturated carbocycles. The van der Waals surface area contributed by atoms with E-state index in [1.54, 1.807) is 67.8 Å². The molecule has 0 unspecified atom stereocenters. The number of nitrogens with zero attached hydrogens (tertiary/aromatic N) is 1. The van der Waals surface area contributed by atoms with Gasteiger partial charge < -0.3 is 20.1 Å². The second-order valence-electron chi connectivity index (χ2n) is 7.60. The van der Waals surface area contributed by atoms with Gasteiger partial charge >= 0.3 is 11.8 Å². The maximum Gasteiger partial charge on any atom is 0.329 e. The number of carbonyl (C=O) groups excluding carboxylic acids is 3. The van der Waals surface area contributed by atoms with E-state index >= 15 is 0 Å². The van der Waals surface area contributed by atoms with Gasteiger partial charge in [-0.15, -0.1) is 0 Å². The summed E-state index contributed by atoms with van der Waals surface area (Å²) >= 11 is 6.07. The van der Waals surface area contributed by atoms with Gasteiger partial charge in [-0.25, -0.2) is 5.43 Å². The third-order valence-corrected chi connectivity index (χ3v) is 5.29. The number of rotatable bonds is 9. The molecule has 0 bridgehead atoms. The summed E-state index contributed by atoms with van der Waals surface area (Å²) in [6, 6.07) is 19.1. The van der Waals surface area contributed by atoms with Crippen LogP contribution in [0.25, 0.3) is 0 Å². The third-order valence-electron chi connectivity index (χ3n) is 4.88. The Hall–Kier alpha value is -4.37. The van der Waals surface area contributed by atoms with Crippen LogP contribution in [-0.2, 0) is 20.9 Å². The van der Waals surface area contributed by atoms with Crippen molar-refractivity contribution in [1.82, 2.24) is 10.7 Å². The zero-order valence-corrected chi connectivity index (χ0v) is 20.5. The Labute approximate surface area is 213 Å². The molecule has 10 heteroatoms. The highest BCUT2D eigenvalue weighted by Gasteiger charge is 2.12. The number of benzene rings is 3. The molecule has 0 radical (unpaired) electrons. The van der Waals surface area contributed by atoms with Crippen molar-refractivity contribution >= 4 is 41.2 Å². The van der Waals surface area contributed by atoms with Crippen molar-refractivity contribution < 1.29 is 23.9 Å². The Morgan fingerprint density at radius 3 is 2.47 bits per heavy atom. The molecule has 0 spiro atoms. The molecular weight excluding hydrogens is 484 g/mol. The second-order valence-corrected chi connectivity index (χ2v) is 8.01. The molecule has 0 aliphatic carbocycles. The van der Waals surface area contributed by atoms with Crippen molar-refractivity contribution in [3.63, 3.8) is 0 Å².